The van der Waals surface area contributed by atoms with Gasteiger partial charge in [0.25, 0.3) is 0 Å². The van der Waals surface area contributed by atoms with Crippen molar-refractivity contribution < 1.29 is 18.3 Å². The minimum atomic E-state index is -0.832. The Kier molecular flexibility index (Phi) is 5.62. The van der Waals surface area contributed by atoms with Gasteiger partial charge in [-0.25, -0.2) is 9.29 Å². The van der Waals surface area contributed by atoms with Crippen LogP contribution in [0, 0.1) is 5.82 Å². The number of rotatable bonds is 5. The third kappa shape index (κ3) is 3.73. The average Bonchev–Trinajstić information content (AvgIpc) is 3.31. The zero-order chi connectivity index (χ0) is 23.8. The molecule has 1 aliphatic heterocycles. The number of amides is 1. The van der Waals surface area contributed by atoms with Crippen LogP contribution in [0.4, 0.5) is 10.1 Å². The van der Waals surface area contributed by atoms with E-state index in [0.29, 0.717) is 44.9 Å². The van der Waals surface area contributed by atoms with Crippen LogP contribution in [-0.2, 0) is 4.79 Å². The first-order valence-corrected chi connectivity index (χ1v) is 11.5. The first-order chi connectivity index (χ1) is 16.5. The van der Waals surface area contributed by atoms with Gasteiger partial charge in [-0.15, -0.1) is 6.58 Å². The topological polar surface area (TPSA) is 83.1 Å². The summed E-state index contributed by atoms with van der Waals surface area (Å²) in [5.74, 6) is 0.881. The predicted octanol–water partition coefficient (Wildman–Crippen LogP) is 4.32. The highest BCUT2D eigenvalue weighted by Crippen LogP contribution is 2.38. The number of H-pyrrole nitrogens is 1. The molecule has 3 heterocycles. The maximum atomic E-state index is 13.4. The molecule has 0 saturated carbocycles. The molecular weight excluding hydrogens is 455 g/mol. The zero-order valence-corrected chi connectivity index (χ0v) is 19.0. The Balaban J connectivity index is 1.72. The molecule has 0 fully saturated rings. The summed E-state index contributed by atoms with van der Waals surface area (Å²) in [6, 6.07) is 16.6. The Labute approximate surface area is 198 Å². The smallest absolute Gasteiger partial charge is 0.325 e. The number of carbonyl (C=O) groups is 1. The number of halogens is 1. The van der Waals surface area contributed by atoms with E-state index in [4.69, 9.17) is 4.42 Å². The first kappa shape index (κ1) is 21.8. The lowest BCUT2D eigenvalue weighted by Gasteiger charge is -2.30. The minimum absolute atomic E-state index is 0.238. The molecule has 34 heavy (non-hydrogen) atoms. The molecule has 170 valence electrons. The molecule has 1 atom stereocenters. The van der Waals surface area contributed by atoms with Crippen LogP contribution in [0.5, 0.6) is 0 Å². The van der Waals surface area contributed by atoms with Crippen molar-refractivity contribution in [3.63, 3.8) is 0 Å². The maximum absolute atomic E-state index is 13.4. The van der Waals surface area contributed by atoms with Crippen molar-refractivity contribution in [3.8, 4) is 22.6 Å². The molecule has 0 unspecified atom stereocenters. The number of furan rings is 1. The van der Waals surface area contributed by atoms with Crippen LogP contribution in [0.15, 0.2) is 87.7 Å². The minimum Gasteiger partial charge on any atom is -0.452 e. The number of nitrogens with zero attached hydrogens (tertiary/aromatic N) is 3. The fourth-order valence-corrected chi connectivity index (χ4v) is 4.62. The lowest BCUT2D eigenvalue weighted by atomic mass is 10.0. The monoisotopic (exact) mass is 475 g/mol. The SMILES string of the molecule is C=CCSc1n[n+]2c(c(=O)[nH]1)-c1ccccc1N(C(C)=O)[C@@H]2c1ccc(-c2ccc(F)cc2)o1. The molecule has 0 aliphatic carbocycles. The second kappa shape index (κ2) is 8.75. The Morgan fingerprint density at radius 1 is 1.24 bits per heavy atom. The number of fused-ring (bicyclic) bond motifs is 3. The van der Waals surface area contributed by atoms with E-state index in [1.165, 1.54) is 35.5 Å². The number of anilines is 1. The highest BCUT2D eigenvalue weighted by atomic mass is 32.2. The summed E-state index contributed by atoms with van der Waals surface area (Å²) in [6.07, 6.45) is 0.882. The molecule has 5 rings (SSSR count). The molecule has 1 N–H and O–H groups in total. The zero-order valence-electron chi connectivity index (χ0n) is 18.2. The molecule has 4 aromatic rings. The molecule has 2 aromatic heterocycles. The van der Waals surface area contributed by atoms with Crippen LogP contribution >= 0.6 is 11.8 Å². The van der Waals surface area contributed by atoms with Gasteiger partial charge in [-0.2, -0.15) is 0 Å². The number of aromatic nitrogens is 3. The molecular formula is C25H20FN4O3S+. The first-order valence-electron chi connectivity index (χ1n) is 10.5. The third-order valence-electron chi connectivity index (χ3n) is 5.45. The lowest BCUT2D eigenvalue weighted by Crippen LogP contribution is -2.60. The lowest BCUT2D eigenvalue weighted by molar-refractivity contribution is -0.764. The van der Waals surface area contributed by atoms with Gasteiger partial charge in [0.15, 0.2) is 5.76 Å². The van der Waals surface area contributed by atoms with Gasteiger partial charge in [0.1, 0.15) is 11.6 Å². The predicted molar refractivity (Wildman–Crippen MR) is 127 cm³/mol. The number of benzene rings is 2. The van der Waals surface area contributed by atoms with Crippen LogP contribution < -0.4 is 15.1 Å². The van der Waals surface area contributed by atoms with Crippen molar-refractivity contribution in [1.82, 2.24) is 10.1 Å². The summed E-state index contributed by atoms with van der Waals surface area (Å²) >= 11 is 1.32. The fraction of sp³-hybridized carbons (Fsp3) is 0.120. The molecule has 1 amide bonds. The summed E-state index contributed by atoms with van der Waals surface area (Å²) in [5.41, 5.74) is 1.85. The van der Waals surface area contributed by atoms with Gasteiger partial charge in [-0.1, -0.05) is 30.0 Å². The third-order valence-corrected chi connectivity index (χ3v) is 6.30. The Morgan fingerprint density at radius 2 is 2.00 bits per heavy atom. The molecule has 1 aliphatic rings. The van der Waals surface area contributed by atoms with Crippen molar-refractivity contribution in [2.24, 2.45) is 0 Å². The van der Waals surface area contributed by atoms with Crippen LogP contribution in [-0.4, -0.2) is 21.7 Å². The van der Waals surface area contributed by atoms with Crippen molar-refractivity contribution in [1.29, 1.82) is 0 Å². The molecule has 0 bridgehead atoms. The summed E-state index contributed by atoms with van der Waals surface area (Å²) < 4.78 is 21.1. The van der Waals surface area contributed by atoms with Crippen molar-refractivity contribution in [2.45, 2.75) is 18.2 Å². The second-order valence-electron chi connectivity index (χ2n) is 7.64. The van der Waals surface area contributed by atoms with Crippen LogP contribution in [0.25, 0.3) is 22.6 Å². The van der Waals surface area contributed by atoms with Crippen LogP contribution in [0.1, 0.15) is 18.8 Å². The number of hydrogen-bond acceptors (Lipinski definition) is 5. The maximum Gasteiger partial charge on any atom is 0.325 e. The molecule has 2 aromatic carbocycles. The Morgan fingerprint density at radius 3 is 2.74 bits per heavy atom. The van der Waals surface area contributed by atoms with E-state index in [1.54, 1.807) is 53.4 Å². The van der Waals surface area contributed by atoms with E-state index in [9.17, 15) is 14.0 Å². The molecule has 7 nitrogen and oxygen atoms in total. The van der Waals surface area contributed by atoms with Gasteiger partial charge in [0.05, 0.1) is 11.3 Å². The van der Waals surface area contributed by atoms with Crippen molar-refractivity contribution in [2.75, 3.05) is 10.7 Å². The van der Waals surface area contributed by atoms with E-state index in [-0.39, 0.29) is 17.3 Å². The van der Waals surface area contributed by atoms with Gasteiger partial charge in [-0.3, -0.25) is 14.6 Å². The largest absolute Gasteiger partial charge is 0.452 e. The highest BCUT2D eigenvalue weighted by molar-refractivity contribution is 7.99. The second-order valence-corrected chi connectivity index (χ2v) is 8.65. The van der Waals surface area contributed by atoms with E-state index in [2.05, 4.69) is 16.7 Å². The van der Waals surface area contributed by atoms with Gasteiger partial charge >= 0.3 is 17.4 Å². The van der Waals surface area contributed by atoms with E-state index in [0.717, 1.165) is 0 Å². The average molecular weight is 476 g/mol. The van der Waals surface area contributed by atoms with Crippen LogP contribution in [0.2, 0.25) is 0 Å². The number of carbonyl (C=O) groups excluding carboxylic acids is 1. The number of para-hydroxylation sites is 1. The number of hydrogen-bond donors (Lipinski definition) is 1. The van der Waals surface area contributed by atoms with Crippen molar-refractivity contribution >= 4 is 23.4 Å². The molecule has 0 radical (unpaired) electrons. The van der Waals surface area contributed by atoms with E-state index < -0.39 is 6.17 Å². The van der Waals surface area contributed by atoms with Gasteiger partial charge in [-0.05, 0) is 53.2 Å². The summed E-state index contributed by atoms with van der Waals surface area (Å²) in [7, 11) is 0. The number of nitrogens with one attached hydrogen (secondary N) is 1. The highest BCUT2D eigenvalue weighted by Gasteiger charge is 2.46. The molecule has 0 saturated heterocycles. The fourth-order valence-electron chi connectivity index (χ4n) is 4.03. The van der Waals surface area contributed by atoms with Gasteiger partial charge in [0, 0.05) is 23.3 Å². The molecule has 9 heteroatoms. The van der Waals surface area contributed by atoms with Gasteiger partial charge < -0.3 is 4.42 Å². The Bertz CT molecular complexity index is 1460. The van der Waals surface area contributed by atoms with Gasteiger partial charge in [0.2, 0.25) is 11.1 Å². The number of thioether (sulfide) groups is 1. The normalized spacial score (nSPS) is 14.4. The summed E-state index contributed by atoms with van der Waals surface area (Å²) in [5, 5.41) is 5.06. The van der Waals surface area contributed by atoms with E-state index >= 15 is 0 Å². The number of aromatic amines is 1. The van der Waals surface area contributed by atoms with Crippen LogP contribution in [0.3, 0.4) is 0 Å². The van der Waals surface area contributed by atoms with E-state index in [1.807, 2.05) is 6.07 Å². The summed E-state index contributed by atoms with van der Waals surface area (Å²) in [4.78, 5) is 30.5. The Hall–Kier alpha value is -3.98. The quantitative estimate of drug-likeness (QED) is 0.264. The summed E-state index contributed by atoms with van der Waals surface area (Å²) in [6.45, 7) is 5.17. The molecule has 0 spiro atoms. The van der Waals surface area contributed by atoms with Crippen molar-refractivity contribution in [3.05, 3.63) is 95.2 Å². The standard InChI is InChI=1S/C25H19FN4O3S/c1-3-14-34-25-27-23(32)22-18-6-4-5-7-19(18)29(15(2)31)24(30(22)28-25)21-13-12-20(33-21)16-8-10-17(26)11-9-16/h3-13,24H,1,14H2,2H3/p+1/t24-/m0/s1.